The van der Waals surface area contributed by atoms with Crippen LogP contribution in [-0.4, -0.2) is 56.5 Å². The molecule has 0 unspecified atom stereocenters. The lowest BCUT2D eigenvalue weighted by Crippen LogP contribution is -2.49. The van der Waals surface area contributed by atoms with Crippen molar-refractivity contribution in [2.75, 3.05) is 31.2 Å². The van der Waals surface area contributed by atoms with Crippen molar-refractivity contribution in [1.29, 1.82) is 0 Å². The number of hydrogen-bond donors (Lipinski definition) is 1. The number of unbranched alkanes of at least 4 members (excludes halogenated alkanes) is 2. The Morgan fingerprint density at radius 2 is 1.91 bits per heavy atom. The molecule has 0 radical (unpaired) electrons. The summed E-state index contributed by atoms with van der Waals surface area (Å²) >= 11 is 0. The van der Waals surface area contributed by atoms with E-state index in [1.54, 1.807) is 17.0 Å². The number of imide groups is 1. The molecule has 0 atom stereocenters. The number of ether oxygens (including phenoxy) is 1. The number of carbonyl (C=O) groups excluding carboxylic acids is 2. The molecule has 1 aromatic carbocycles. The predicted molar refractivity (Wildman–Crippen MR) is 122 cm³/mol. The highest BCUT2D eigenvalue weighted by Crippen LogP contribution is 2.30. The van der Waals surface area contributed by atoms with Crippen LogP contribution in [-0.2, 0) is 20.0 Å². The monoisotopic (exact) mass is 470 g/mol. The number of sulfone groups is 1. The molecule has 1 fully saturated rings. The van der Waals surface area contributed by atoms with E-state index in [2.05, 4.69) is 5.32 Å². The second kappa shape index (κ2) is 11.1. The summed E-state index contributed by atoms with van der Waals surface area (Å²) < 4.78 is 45.1. The van der Waals surface area contributed by atoms with Gasteiger partial charge in [0.2, 0.25) is 5.91 Å². The second-order valence-electron chi connectivity index (χ2n) is 9.48. The molecule has 3 amide bonds. The average Bonchev–Trinajstić information content (AvgIpc) is 2.67. The number of nitrogens with one attached hydrogen (secondary N) is 1. The van der Waals surface area contributed by atoms with Gasteiger partial charge in [-0.15, -0.1) is 0 Å². The Labute approximate surface area is 190 Å². The van der Waals surface area contributed by atoms with Crippen molar-refractivity contribution in [3.63, 3.8) is 0 Å². The Kier molecular flexibility index (Phi) is 9.07. The summed E-state index contributed by atoms with van der Waals surface area (Å²) in [6.45, 7) is 8.90. The third-order valence-corrected chi connectivity index (χ3v) is 7.46. The zero-order valence-electron chi connectivity index (χ0n) is 19.4. The molecule has 0 bridgehead atoms. The minimum Gasteiger partial charge on any atom is -0.490 e. The van der Waals surface area contributed by atoms with E-state index < -0.39 is 21.1 Å². The van der Waals surface area contributed by atoms with Gasteiger partial charge in [-0.25, -0.2) is 17.6 Å². The standard InChI is InChI=1S/C23H35FN2O5S/c1-17(2)15-31-20-14-18(8-9-19(20)24)23(3,4)16-32(29,30)13-7-5-6-11-26-12-10-21(27)25-22(26)28/h8-9,14,17H,5-7,10-13,15-16H2,1-4H3,(H,25,27,28). The van der Waals surface area contributed by atoms with Gasteiger partial charge in [0.1, 0.15) is 0 Å². The molecule has 1 aliphatic heterocycles. The Bertz CT molecular complexity index is 915. The van der Waals surface area contributed by atoms with Crippen LogP contribution < -0.4 is 10.1 Å². The number of hydrogen-bond acceptors (Lipinski definition) is 5. The number of urea groups is 1. The van der Waals surface area contributed by atoms with Crippen LogP contribution >= 0.6 is 0 Å². The molecule has 180 valence electrons. The number of benzene rings is 1. The fourth-order valence-electron chi connectivity index (χ4n) is 3.61. The Balaban J connectivity index is 1.85. The van der Waals surface area contributed by atoms with E-state index in [0.29, 0.717) is 50.9 Å². The largest absolute Gasteiger partial charge is 0.490 e. The topological polar surface area (TPSA) is 92.8 Å². The van der Waals surface area contributed by atoms with Gasteiger partial charge in [0.05, 0.1) is 18.1 Å². The van der Waals surface area contributed by atoms with E-state index in [4.69, 9.17) is 4.74 Å². The van der Waals surface area contributed by atoms with Crippen LogP contribution in [0.25, 0.3) is 0 Å². The molecule has 1 heterocycles. The number of carbonyl (C=O) groups is 2. The molecule has 2 rings (SSSR count). The average molecular weight is 471 g/mol. The van der Waals surface area contributed by atoms with Crippen molar-refractivity contribution in [1.82, 2.24) is 10.2 Å². The van der Waals surface area contributed by atoms with Crippen LogP contribution in [0.15, 0.2) is 18.2 Å². The number of amides is 3. The minimum atomic E-state index is -3.33. The molecule has 0 spiro atoms. The third-order valence-electron chi connectivity index (χ3n) is 5.39. The van der Waals surface area contributed by atoms with Crippen LogP contribution in [0.4, 0.5) is 9.18 Å². The molecule has 0 aliphatic carbocycles. The van der Waals surface area contributed by atoms with E-state index in [0.717, 1.165) is 0 Å². The van der Waals surface area contributed by atoms with Crippen molar-refractivity contribution < 1.29 is 27.1 Å². The van der Waals surface area contributed by atoms with Crippen molar-refractivity contribution >= 4 is 21.8 Å². The van der Waals surface area contributed by atoms with E-state index in [9.17, 15) is 22.4 Å². The van der Waals surface area contributed by atoms with E-state index in [1.807, 2.05) is 27.7 Å². The van der Waals surface area contributed by atoms with Gasteiger partial charge in [-0.1, -0.05) is 40.2 Å². The van der Waals surface area contributed by atoms with Crippen LogP contribution in [0.5, 0.6) is 5.75 Å². The van der Waals surface area contributed by atoms with Crippen LogP contribution in [0, 0.1) is 11.7 Å². The summed E-state index contributed by atoms with van der Waals surface area (Å²) in [5.74, 6) is -0.326. The zero-order chi connectivity index (χ0) is 23.9. The molecule has 1 aliphatic rings. The molecule has 1 aromatic rings. The van der Waals surface area contributed by atoms with E-state index >= 15 is 0 Å². The number of nitrogens with zero attached hydrogens (tertiary/aromatic N) is 1. The third kappa shape index (κ3) is 8.07. The maximum atomic E-state index is 14.1. The van der Waals surface area contributed by atoms with Crippen molar-refractivity contribution in [3.8, 4) is 5.75 Å². The molecule has 32 heavy (non-hydrogen) atoms. The molecular weight excluding hydrogens is 435 g/mol. The number of halogens is 1. The quantitative estimate of drug-likeness (QED) is 0.471. The molecule has 0 aromatic heterocycles. The summed E-state index contributed by atoms with van der Waals surface area (Å²) in [5.41, 5.74) is 0.0212. The van der Waals surface area contributed by atoms with Crippen molar-refractivity contribution in [2.45, 2.75) is 58.8 Å². The van der Waals surface area contributed by atoms with E-state index in [-0.39, 0.29) is 35.1 Å². The lowest BCUT2D eigenvalue weighted by atomic mass is 9.86. The first-order valence-electron chi connectivity index (χ1n) is 11.1. The second-order valence-corrected chi connectivity index (χ2v) is 11.7. The SMILES string of the molecule is CC(C)COc1cc(C(C)(C)CS(=O)(=O)CCCCCN2CCC(=O)NC2=O)ccc1F. The normalized spacial score (nSPS) is 15.2. The van der Waals surface area contributed by atoms with Gasteiger partial charge in [-0.2, -0.15) is 0 Å². The number of rotatable bonds is 12. The predicted octanol–water partition coefficient (Wildman–Crippen LogP) is 3.67. The maximum Gasteiger partial charge on any atom is 0.324 e. The van der Waals surface area contributed by atoms with Crippen LogP contribution in [0.1, 0.15) is 58.9 Å². The molecule has 7 nitrogen and oxygen atoms in total. The van der Waals surface area contributed by atoms with Gasteiger partial charge in [0.15, 0.2) is 21.4 Å². The van der Waals surface area contributed by atoms with Gasteiger partial charge in [-0.05, 0) is 36.5 Å². The fraction of sp³-hybridized carbons (Fsp3) is 0.652. The summed E-state index contributed by atoms with van der Waals surface area (Å²) in [7, 11) is -3.33. The minimum absolute atomic E-state index is 0.0497. The summed E-state index contributed by atoms with van der Waals surface area (Å²) in [4.78, 5) is 24.4. The summed E-state index contributed by atoms with van der Waals surface area (Å²) in [6.07, 6.45) is 2.14. The van der Waals surface area contributed by atoms with Gasteiger partial charge in [0.25, 0.3) is 0 Å². The Hall–Kier alpha value is -2.16. The summed E-state index contributed by atoms with van der Waals surface area (Å²) in [6, 6.07) is 4.15. The Morgan fingerprint density at radius 1 is 1.19 bits per heavy atom. The first-order chi connectivity index (χ1) is 14.9. The highest BCUT2D eigenvalue weighted by atomic mass is 32.2. The zero-order valence-corrected chi connectivity index (χ0v) is 20.3. The first kappa shape index (κ1) is 26.1. The Morgan fingerprint density at radius 3 is 2.56 bits per heavy atom. The van der Waals surface area contributed by atoms with Crippen LogP contribution in [0.2, 0.25) is 0 Å². The lowest BCUT2D eigenvalue weighted by molar-refractivity contribution is -0.121. The highest BCUT2D eigenvalue weighted by Gasteiger charge is 2.29. The first-order valence-corrected chi connectivity index (χ1v) is 12.9. The van der Waals surface area contributed by atoms with Gasteiger partial charge in [0, 0.05) is 24.9 Å². The fourth-order valence-corrected chi connectivity index (χ4v) is 5.66. The van der Waals surface area contributed by atoms with Gasteiger partial charge < -0.3 is 9.64 Å². The highest BCUT2D eigenvalue weighted by molar-refractivity contribution is 7.91. The molecule has 1 N–H and O–H groups in total. The van der Waals surface area contributed by atoms with Gasteiger partial charge in [-0.3, -0.25) is 10.1 Å². The maximum absolute atomic E-state index is 14.1. The van der Waals surface area contributed by atoms with Crippen molar-refractivity contribution in [3.05, 3.63) is 29.6 Å². The molecule has 0 saturated carbocycles. The summed E-state index contributed by atoms with van der Waals surface area (Å²) in [5, 5.41) is 2.28. The lowest BCUT2D eigenvalue weighted by Gasteiger charge is -2.26. The van der Waals surface area contributed by atoms with Crippen LogP contribution in [0.3, 0.4) is 0 Å². The molecule has 9 heteroatoms. The van der Waals surface area contributed by atoms with Gasteiger partial charge >= 0.3 is 6.03 Å². The van der Waals surface area contributed by atoms with Crippen molar-refractivity contribution in [2.24, 2.45) is 5.92 Å². The molecular formula is C23H35FN2O5S. The van der Waals surface area contributed by atoms with E-state index in [1.165, 1.54) is 6.07 Å². The molecule has 1 saturated heterocycles. The smallest absolute Gasteiger partial charge is 0.324 e.